The largest absolute Gasteiger partial charge is 0.490 e. The Morgan fingerprint density at radius 1 is 1.35 bits per heavy atom. The summed E-state index contributed by atoms with van der Waals surface area (Å²) in [5.41, 5.74) is 6.14. The van der Waals surface area contributed by atoms with Crippen molar-refractivity contribution < 1.29 is 13.5 Å². The summed E-state index contributed by atoms with van der Waals surface area (Å²) in [5.74, 6) is 0.452. The molecule has 0 saturated heterocycles. The van der Waals surface area contributed by atoms with Crippen LogP contribution in [0.3, 0.4) is 0 Å². The second-order valence-electron chi connectivity index (χ2n) is 6.39. The molecule has 0 amide bonds. The molecule has 2 aromatic heterocycles. The van der Waals surface area contributed by atoms with E-state index in [0.717, 1.165) is 6.42 Å². The lowest BCUT2D eigenvalue weighted by atomic mass is 9.93. The molecule has 0 bridgehead atoms. The minimum Gasteiger partial charge on any atom is -0.490 e. The number of hydrogen-bond donors (Lipinski definition) is 2. The third-order valence-electron chi connectivity index (χ3n) is 3.30. The van der Waals surface area contributed by atoms with Crippen LogP contribution in [0.5, 0.6) is 5.75 Å². The Balaban J connectivity index is 2.18. The fourth-order valence-electron chi connectivity index (χ4n) is 2.52. The van der Waals surface area contributed by atoms with Gasteiger partial charge in [-0.05, 0) is 31.4 Å². The number of nitrogens with zero attached hydrogens (tertiary/aromatic N) is 2. The van der Waals surface area contributed by atoms with Gasteiger partial charge >= 0.3 is 0 Å². The zero-order chi connectivity index (χ0) is 17.0. The zero-order valence-electron chi connectivity index (χ0n) is 13.5. The summed E-state index contributed by atoms with van der Waals surface area (Å²) >= 11 is 0. The Morgan fingerprint density at radius 2 is 2.09 bits per heavy atom. The smallest absolute Gasteiger partial charge is 0.284 e. The fraction of sp³-hybridized carbons (Fsp3) is 0.500. The standard InChI is InChI=1S/C16H22F2N4O/c1-10(2)6-16(3,19)8-23-13-5-4-11(12-7-20-9-21-12)22-14(13)15(17)18/h4-5,7,9-10,15H,6,8,19H2,1-3H3,(H,20,21)/t16-/m0/s1. The highest BCUT2D eigenvalue weighted by molar-refractivity contribution is 5.54. The molecule has 0 spiro atoms. The first-order chi connectivity index (χ1) is 10.8. The molecule has 0 aliphatic rings. The molecule has 0 aromatic carbocycles. The first-order valence-electron chi connectivity index (χ1n) is 7.48. The highest BCUT2D eigenvalue weighted by Crippen LogP contribution is 2.30. The van der Waals surface area contributed by atoms with Crippen LogP contribution in [0, 0.1) is 5.92 Å². The lowest BCUT2D eigenvalue weighted by molar-refractivity contribution is 0.134. The summed E-state index contributed by atoms with van der Waals surface area (Å²) in [6, 6.07) is 3.11. The molecular formula is C16H22F2N4O. The molecule has 0 radical (unpaired) electrons. The van der Waals surface area contributed by atoms with Crippen LogP contribution in [0.25, 0.3) is 11.4 Å². The second-order valence-corrected chi connectivity index (χ2v) is 6.39. The number of aromatic nitrogens is 3. The molecule has 2 heterocycles. The first kappa shape index (κ1) is 17.3. The predicted octanol–water partition coefficient (Wildman–Crippen LogP) is 3.55. The maximum Gasteiger partial charge on any atom is 0.284 e. The third kappa shape index (κ3) is 4.72. The Hall–Kier alpha value is -2.02. The van der Waals surface area contributed by atoms with Gasteiger partial charge in [-0.2, -0.15) is 0 Å². The van der Waals surface area contributed by atoms with Crippen molar-refractivity contribution >= 4 is 0 Å². The van der Waals surface area contributed by atoms with Crippen LogP contribution >= 0.6 is 0 Å². The molecular weight excluding hydrogens is 302 g/mol. The fourth-order valence-corrected chi connectivity index (χ4v) is 2.52. The Labute approximate surface area is 134 Å². The van der Waals surface area contributed by atoms with E-state index in [1.165, 1.54) is 18.6 Å². The number of halogens is 2. The number of rotatable bonds is 7. The molecule has 0 aliphatic carbocycles. The average molecular weight is 324 g/mol. The predicted molar refractivity (Wildman–Crippen MR) is 84.3 cm³/mol. The summed E-state index contributed by atoms with van der Waals surface area (Å²) in [6.45, 7) is 6.10. The molecule has 126 valence electrons. The molecule has 0 aliphatic heterocycles. The number of pyridine rings is 1. The number of H-pyrrole nitrogens is 1. The van der Waals surface area contributed by atoms with Crippen molar-refractivity contribution in [3.8, 4) is 17.1 Å². The van der Waals surface area contributed by atoms with Gasteiger partial charge in [-0.3, -0.25) is 0 Å². The SMILES string of the molecule is CC(C)C[C@](C)(N)COc1ccc(-c2cnc[nH]2)nc1C(F)F. The van der Waals surface area contributed by atoms with E-state index in [1.807, 2.05) is 6.92 Å². The van der Waals surface area contributed by atoms with Crippen molar-refractivity contribution in [3.63, 3.8) is 0 Å². The van der Waals surface area contributed by atoms with E-state index in [-0.39, 0.29) is 12.4 Å². The maximum atomic E-state index is 13.3. The number of aromatic amines is 1. The van der Waals surface area contributed by atoms with Crippen LogP contribution < -0.4 is 10.5 Å². The molecule has 1 atom stereocenters. The molecule has 0 saturated carbocycles. The van der Waals surface area contributed by atoms with Gasteiger partial charge in [0.1, 0.15) is 18.1 Å². The monoisotopic (exact) mass is 324 g/mol. The van der Waals surface area contributed by atoms with Gasteiger partial charge in [0.05, 0.1) is 23.9 Å². The van der Waals surface area contributed by atoms with Crippen molar-refractivity contribution in [1.82, 2.24) is 15.0 Å². The topological polar surface area (TPSA) is 76.8 Å². The summed E-state index contributed by atoms with van der Waals surface area (Å²) in [7, 11) is 0. The molecule has 0 fully saturated rings. The van der Waals surface area contributed by atoms with E-state index in [4.69, 9.17) is 10.5 Å². The molecule has 0 unspecified atom stereocenters. The maximum absolute atomic E-state index is 13.3. The van der Waals surface area contributed by atoms with Gasteiger partial charge in [-0.15, -0.1) is 0 Å². The van der Waals surface area contributed by atoms with Crippen LogP contribution in [0.1, 0.15) is 39.3 Å². The zero-order valence-corrected chi connectivity index (χ0v) is 13.5. The summed E-state index contributed by atoms with van der Waals surface area (Å²) in [4.78, 5) is 10.7. The van der Waals surface area contributed by atoms with E-state index in [2.05, 4.69) is 28.8 Å². The Kier molecular flexibility index (Phi) is 5.30. The Bertz CT molecular complexity index is 627. The van der Waals surface area contributed by atoms with Gasteiger partial charge in [0.15, 0.2) is 0 Å². The van der Waals surface area contributed by atoms with E-state index in [9.17, 15) is 8.78 Å². The number of nitrogens with two attached hydrogens (primary N) is 1. The van der Waals surface area contributed by atoms with Crippen molar-refractivity contribution in [2.75, 3.05) is 6.61 Å². The normalized spacial score (nSPS) is 14.3. The lowest BCUT2D eigenvalue weighted by Gasteiger charge is -2.27. The van der Waals surface area contributed by atoms with Gasteiger partial charge in [0, 0.05) is 5.54 Å². The van der Waals surface area contributed by atoms with Crippen LogP contribution in [-0.2, 0) is 0 Å². The molecule has 2 rings (SSSR count). The third-order valence-corrected chi connectivity index (χ3v) is 3.30. The van der Waals surface area contributed by atoms with Gasteiger partial charge in [-0.25, -0.2) is 18.7 Å². The van der Waals surface area contributed by atoms with Crippen LogP contribution in [0.2, 0.25) is 0 Å². The molecule has 23 heavy (non-hydrogen) atoms. The van der Waals surface area contributed by atoms with Crippen LogP contribution in [-0.4, -0.2) is 27.1 Å². The Morgan fingerprint density at radius 3 is 2.65 bits per heavy atom. The van der Waals surface area contributed by atoms with Crippen molar-refractivity contribution in [2.45, 2.75) is 39.2 Å². The quantitative estimate of drug-likeness (QED) is 0.816. The highest BCUT2D eigenvalue weighted by Gasteiger charge is 2.24. The molecule has 7 heteroatoms. The number of imidazole rings is 1. The van der Waals surface area contributed by atoms with Crippen LogP contribution in [0.15, 0.2) is 24.7 Å². The average Bonchev–Trinajstić information content (AvgIpc) is 2.97. The van der Waals surface area contributed by atoms with E-state index in [1.54, 1.807) is 6.07 Å². The van der Waals surface area contributed by atoms with Crippen molar-refractivity contribution in [3.05, 3.63) is 30.4 Å². The summed E-state index contributed by atoms with van der Waals surface area (Å²) < 4.78 is 32.1. The van der Waals surface area contributed by atoms with Gasteiger partial charge in [-0.1, -0.05) is 13.8 Å². The van der Waals surface area contributed by atoms with Crippen molar-refractivity contribution in [1.29, 1.82) is 0 Å². The number of hydrogen-bond acceptors (Lipinski definition) is 4. The van der Waals surface area contributed by atoms with Gasteiger partial charge in [0.2, 0.25) is 0 Å². The first-order valence-corrected chi connectivity index (χ1v) is 7.48. The number of ether oxygens (including phenoxy) is 1. The highest BCUT2D eigenvalue weighted by atomic mass is 19.3. The minimum atomic E-state index is -2.73. The summed E-state index contributed by atoms with van der Waals surface area (Å²) in [6.07, 6.45) is 0.992. The number of nitrogens with one attached hydrogen (secondary N) is 1. The van der Waals surface area contributed by atoms with Gasteiger partial charge in [0.25, 0.3) is 6.43 Å². The molecule has 5 nitrogen and oxygen atoms in total. The molecule has 2 aromatic rings. The minimum absolute atomic E-state index is 0.0590. The second kappa shape index (κ2) is 7.04. The van der Waals surface area contributed by atoms with Gasteiger partial charge < -0.3 is 15.5 Å². The van der Waals surface area contributed by atoms with E-state index >= 15 is 0 Å². The van der Waals surface area contributed by atoms with E-state index in [0.29, 0.717) is 17.3 Å². The summed E-state index contributed by atoms with van der Waals surface area (Å²) in [5, 5.41) is 0. The molecule has 3 N–H and O–H groups in total. The number of alkyl halides is 2. The lowest BCUT2D eigenvalue weighted by Crippen LogP contribution is -2.43. The van der Waals surface area contributed by atoms with Crippen molar-refractivity contribution in [2.24, 2.45) is 11.7 Å². The van der Waals surface area contributed by atoms with E-state index < -0.39 is 17.7 Å². The van der Waals surface area contributed by atoms with Crippen LogP contribution in [0.4, 0.5) is 8.78 Å².